The van der Waals surface area contributed by atoms with Crippen molar-refractivity contribution in [2.24, 2.45) is 0 Å². The molecule has 0 aromatic heterocycles. The van der Waals surface area contributed by atoms with Crippen LogP contribution in [0.15, 0.2) is 76.5 Å². The number of carboxylic acid groups (broad SMARTS) is 1. The van der Waals surface area contributed by atoms with Gasteiger partial charge in [-0.2, -0.15) is 4.31 Å². The van der Waals surface area contributed by atoms with E-state index in [2.05, 4.69) is 0 Å². The van der Waals surface area contributed by atoms with Crippen molar-refractivity contribution in [2.75, 3.05) is 46.1 Å². The van der Waals surface area contributed by atoms with E-state index in [0.717, 1.165) is 16.7 Å². The number of carbonyl (C=O) groups excluding carboxylic acids is 1. The zero-order valence-corrected chi connectivity index (χ0v) is 30.9. The normalized spacial score (nSPS) is 20.1. The summed E-state index contributed by atoms with van der Waals surface area (Å²) in [5.74, 6) is 0.405. The summed E-state index contributed by atoms with van der Waals surface area (Å²) in [7, 11) is -7.79. The molecule has 2 atom stereocenters. The van der Waals surface area contributed by atoms with Crippen molar-refractivity contribution in [2.45, 2.75) is 71.3 Å². The van der Waals surface area contributed by atoms with Crippen LogP contribution < -0.4 is 9.47 Å². The second-order valence-corrected chi connectivity index (χ2v) is 18.1. The predicted octanol–water partition coefficient (Wildman–Crippen LogP) is 3.60. The molecule has 1 amide bonds. The summed E-state index contributed by atoms with van der Waals surface area (Å²) in [5, 5.41) is 30.5. The molecule has 1 spiro atoms. The first-order valence-electron chi connectivity index (χ1n) is 17.5. The number of nitrogens with zero attached hydrogens (tertiary/aromatic N) is 2. The average molecular weight is 773 g/mol. The molecule has 3 N–H and O–H groups in total. The number of aliphatic hydroxyl groups excluding tert-OH is 2. The van der Waals surface area contributed by atoms with E-state index in [1.807, 2.05) is 0 Å². The van der Waals surface area contributed by atoms with Gasteiger partial charge in [0.15, 0.2) is 9.84 Å². The van der Waals surface area contributed by atoms with Gasteiger partial charge in [0.1, 0.15) is 35.4 Å². The van der Waals surface area contributed by atoms with E-state index >= 15 is 0 Å². The van der Waals surface area contributed by atoms with E-state index in [1.165, 1.54) is 28.6 Å². The van der Waals surface area contributed by atoms with E-state index in [1.54, 1.807) is 49.4 Å². The maximum Gasteiger partial charge on any atom is 0.407 e. The van der Waals surface area contributed by atoms with Crippen LogP contribution in [0.25, 0.3) is 11.1 Å². The first-order chi connectivity index (χ1) is 25.3. The number of piperidine rings is 1. The monoisotopic (exact) mass is 772 g/mol. The SMILES string of the molecule is CCOc1ccc(-c2ccc(C=O)cc2)cc1S(=O)(=O)N1CCC2(CC1)CC(N(CC(O)COc1cccc(S(=O)(=O)C3(CO)CC3)c1)C(=O)O)CO2. The lowest BCUT2D eigenvalue weighted by Gasteiger charge is -2.38. The van der Waals surface area contributed by atoms with Crippen molar-refractivity contribution in [1.29, 1.82) is 0 Å². The molecular weight excluding hydrogens is 729 g/mol. The van der Waals surface area contributed by atoms with E-state index < -0.39 is 55.1 Å². The number of ether oxygens (including phenoxy) is 3. The molecule has 1 aliphatic carbocycles. The van der Waals surface area contributed by atoms with E-state index in [9.17, 15) is 41.7 Å². The molecule has 3 aromatic rings. The number of hydrogen-bond acceptors (Lipinski definition) is 11. The quantitative estimate of drug-likeness (QED) is 0.190. The highest BCUT2D eigenvalue weighted by atomic mass is 32.2. The molecule has 1 saturated carbocycles. The molecule has 2 saturated heterocycles. The second-order valence-electron chi connectivity index (χ2n) is 13.8. The third-order valence-electron chi connectivity index (χ3n) is 10.4. The van der Waals surface area contributed by atoms with Gasteiger partial charge in [0.2, 0.25) is 10.0 Å². The van der Waals surface area contributed by atoms with Crippen LogP contribution in [0.5, 0.6) is 11.5 Å². The molecule has 286 valence electrons. The highest BCUT2D eigenvalue weighted by Gasteiger charge is 2.54. The Labute approximate surface area is 308 Å². The van der Waals surface area contributed by atoms with Gasteiger partial charge in [-0.3, -0.25) is 4.79 Å². The lowest BCUT2D eigenvalue weighted by Crippen LogP contribution is -2.48. The molecule has 6 rings (SSSR count). The van der Waals surface area contributed by atoms with Gasteiger partial charge >= 0.3 is 6.09 Å². The number of hydrogen-bond donors (Lipinski definition) is 3. The first-order valence-corrected chi connectivity index (χ1v) is 20.4. The van der Waals surface area contributed by atoms with E-state index in [0.29, 0.717) is 43.2 Å². The number of aldehydes is 1. The number of aliphatic hydroxyl groups is 2. The Morgan fingerprint density at radius 3 is 2.32 bits per heavy atom. The molecule has 0 bridgehead atoms. The minimum absolute atomic E-state index is 0.000881. The molecule has 3 fully saturated rings. The van der Waals surface area contributed by atoms with Crippen molar-refractivity contribution in [3.05, 3.63) is 72.3 Å². The van der Waals surface area contributed by atoms with Crippen LogP contribution in [0.4, 0.5) is 4.79 Å². The molecule has 3 aliphatic rings. The number of benzene rings is 3. The van der Waals surface area contributed by atoms with Gasteiger partial charge in [-0.1, -0.05) is 36.4 Å². The van der Waals surface area contributed by atoms with Crippen molar-refractivity contribution in [1.82, 2.24) is 9.21 Å². The summed E-state index contributed by atoms with van der Waals surface area (Å²) >= 11 is 0. The molecule has 16 heteroatoms. The second kappa shape index (κ2) is 15.4. The number of sulfonamides is 1. The Balaban J connectivity index is 1.07. The van der Waals surface area contributed by atoms with E-state index in [4.69, 9.17) is 14.2 Å². The molecule has 53 heavy (non-hydrogen) atoms. The molecule has 2 heterocycles. The van der Waals surface area contributed by atoms with Gasteiger partial charge in [0, 0.05) is 18.7 Å². The largest absolute Gasteiger partial charge is 0.492 e. The van der Waals surface area contributed by atoms with Crippen LogP contribution in [0.2, 0.25) is 0 Å². The topological polar surface area (TPSA) is 197 Å². The fourth-order valence-corrected chi connectivity index (χ4v) is 10.5. The number of sulfone groups is 1. The Morgan fingerprint density at radius 2 is 1.70 bits per heavy atom. The van der Waals surface area contributed by atoms with Gasteiger partial charge < -0.3 is 34.4 Å². The zero-order valence-electron chi connectivity index (χ0n) is 29.3. The van der Waals surface area contributed by atoms with Crippen LogP contribution in [0.3, 0.4) is 0 Å². The third kappa shape index (κ3) is 7.93. The minimum atomic E-state index is -4.01. The molecule has 2 aliphatic heterocycles. The van der Waals surface area contributed by atoms with Crippen molar-refractivity contribution >= 4 is 32.2 Å². The summed E-state index contributed by atoms with van der Waals surface area (Å²) in [6.07, 6.45) is -0.0642. The summed E-state index contributed by atoms with van der Waals surface area (Å²) < 4.78 is 71.8. The average Bonchev–Trinajstić information content (AvgIpc) is 3.88. The van der Waals surface area contributed by atoms with Crippen LogP contribution in [0.1, 0.15) is 49.4 Å². The van der Waals surface area contributed by atoms with Gasteiger partial charge in [-0.05, 0) is 80.5 Å². The Kier molecular flexibility index (Phi) is 11.2. The van der Waals surface area contributed by atoms with Gasteiger partial charge in [0.25, 0.3) is 0 Å². The summed E-state index contributed by atoms with van der Waals surface area (Å²) in [6.45, 7) is 1.30. The molecule has 3 aromatic carbocycles. The first kappa shape index (κ1) is 38.7. The predicted molar refractivity (Wildman–Crippen MR) is 192 cm³/mol. The Bertz CT molecular complexity index is 2030. The van der Waals surface area contributed by atoms with Crippen molar-refractivity contribution in [3.8, 4) is 22.6 Å². The lowest BCUT2D eigenvalue weighted by atomic mass is 9.88. The lowest BCUT2D eigenvalue weighted by molar-refractivity contribution is -0.0319. The summed E-state index contributed by atoms with van der Waals surface area (Å²) in [6, 6.07) is 17.0. The summed E-state index contributed by atoms with van der Waals surface area (Å²) in [4.78, 5) is 24.6. The van der Waals surface area contributed by atoms with Crippen LogP contribution in [-0.2, 0) is 24.6 Å². The maximum atomic E-state index is 14.0. The third-order valence-corrected chi connectivity index (χ3v) is 14.9. The van der Waals surface area contributed by atoms with Crippen molar-refractivity contribution < 1.29 is 56.0 Å². The van der Waals surface area contributed by atoms with Crippen LogP contribution >= 0.6 is 0 Å². The van der Waals surface area contributed by atoms with Gasteiger partial charge in [-0.15, -0.1) is 0 Å². The number of rotatable bonds is 15. The molecular formula is C37H44N2O12S2. The van der Waals surface area contributed by atoms with Crippen LogP contribution in [0, 0.1) is 0 Å². The Morgan fingerprint density at radius 1 is 1.00 bits per heavy atom. The van der Waals surface area contributed by atoms with Crippen LogP contribution in [-0.4, -0.2) is 122 Å². The highest BCUT2D eigenvalue weighted by molar-refractivity contribution is 7.93. The standard InChI is InChI=1S/C37H44N2O12S2/c1-2-49-33-11-10-28(27-8-6-26(22-40)7-9-27)18-34(33)53(47,48)38-16-14-36(15-17-38)20-29(23-51-36)39(35(43)44)21-30(42)24-50-31-4-3-5-32(19-31)52(45,46)37(25-41)12-13-37/h3-11,18-19,22,29-30,41-42H,2,12-17,20-21,23-25H2,1H3,(H,43,44). The molecule has 14 nitrogen and oxygen atoms in total. The highest BCUT2D eigenvalue weighted by Crippen LogP contribution is 2.46. The fourth-order valence-electron chi connectivity index (χ4n) is 7.05. The Hall–Kier alpha value is -4.06. The molecule has 0 radical (unpaired) electrons. The summed E-state index contributed by atoms with van der Waals surface area (Å²) in [5.41, 5.74) is 1.13. The van der Waals surface area contributed by atoms with Crippen molar-refractivity contribution in [3.63, 3.8) is 0 Å². The number of amides is 1. The number of carbonyl (C=O) groups is 2. The van der Waals surface area contributed by atoms with E-state index in [-0.39, 0.29) is 60.7 Å². The maximum absolute atomic E-state index is 14.0. The van der Waals surface area contributed by atoms with Gasteiger partial charge in [-0.25, -0.2) is 21.6 Å². The van der Waals surface area contributed by atoms with Gasteiger partial charge in [0.05, 0.1) is 47.7 Å². The zero-order chi connectivity index (χ0) is 38.0. The fraction of sp³-hybridized carbons (Fsp3) is 0.459. The smallest absolute Gasteiger partial charge is 0.407 e. The minimum Gasteiger partial charge on any atom is -0.492 e. The molecule has 2 unspecified atom stereocenters.